The first kappa shape index (κ1) is 18.6. The van der Waals surface area contributed by atoms with Gasteiger partial charge < -0.3 is 9.14 Å². The summed E-state index contributed by atoms with van der Waals surface area (Å²) in [7, 11) is 0. The van der Waals surface area contributed by atoms with Crippen molar-refractivity contribution in [3.8, 4) is 0 Å². The van der Waals surface area contributed by atoms with Crippen LogP contribution in [0.3, 0.4) is 0 Å². The van der Waals surface area contributed by atoms with E-state index in [1.807, 2.05) is 55.2 Å². The maximum absolute atomic E-state index is 12.5. The van der Waals surface area contributed by atoms with Crippen molar-refractivity contribution in [3.63, 3.8) is 0 Å². The summed E-state index contributed by atoms with van der Waals surface area (Å²) in [5.41, 5.74) is 3.83. The van der Waals surface area contributed by atoms with Crippen molar-refractivity contribution in [2.75, 3.05) is 6.61 Å². The highest BCUT2D eigenvalue weighted by atomic mass is 32.2. The van der Waals surface area contributed by atoms with Gasteiger partial charge in [0.1, 0.15) is 0 Å². The average Bonchev–Trinajstić information content (AvgIpc) is 3.00. The molecule has 0 saturated heterocycles. The molecule has 2 heterocycles. The largest absolute Gasteiger partial charge is 0.462 e. The highest BCUT2D eigenvalue weighted by molar-refractivity contribution is 8.01. The predicted molar refractivity (Wildman–Crippen MR) is 109 cm³/mol. The molecule has 3 nitrogen and oxygen atoms in total. The lowest BCUT2D eigenvalue weighted by Gasteiger charge is -2.26. The first-order valence-corrected chi connectivity index (χ1v) is 9.78. The number of thioether (sulfide) groups is 1. The highest BCUT2D eigenvalue weighted by Gasteiger charge is 2.27. The molecule has 0 N–H and O–H groups in total. The monoisotopic (exact) mass is 367 g/mol. The quantitative estimate of drug-likeness (QED) is 0.539. The summed E-state index contributed by atoms with van der Waals surface area (Å²) in [6.07, 6.45) is 2.02. The molecular weight excluding hydrogens is 342 g/mol. The van der Waals surface area contributed by atoms with Crippen LogP contribution >= 0.6 is 11.8 Å². The summed E-state index contributed by atoms with van der Waals surface area (Å²) >= 11 is 1.89. The van der Waals surface area contributed by atoms with E-state index in [9.17, 15) is 4.79 Å². The van der Waals surface area contributed by atoms with Gasteiger partial charge >= 0.3 is 5.97 Å². The van der Waals surface area contributed by atoms with Crippen LogP contribution in [0.15, 0.2) is 60.8 Å². The maximum atomic E-state index is 12.5. The van der Waals surface area contributed by atoms with Crippen molar-refractivity contribution in [2.45, 2.75) is 37.7 Å². The van der Waals surface area contributed by atoms with Crippen LogP contribution in [0.2, 0.25) is 0 Å². The lowest BCUT2D eigenvalue weighted by molar-refractivity contribution is 0.0529. The van der Waals surface area contributed by atoms with Crippen molar-refractivity contribution in [1.82, 2.24) is 4.40 Å². The third-order valence-electron chi connectivity index (χ3n) is 4.04. The number of pyridine rings is 1. The minimum absolute atomic E-state index is 0.0729. The molecule has 136 valence electrons. The number of carbonyl (C=O) groups is 1. The molecular formula is C22H25NO2S. The van der Waals surface area contributed by atoms with Crippen molar-refractivity contribution < 1.29 is 9.53 Å². The van der Waals surface area contributed by atoms with Crippen LogP contribution < -0.4 is 0 Å². The minimum atomic E-state index is -0.268. The lowest BCUT2D eigenvalue weighted by atomic mass is 10.1. The molecule has 0 amide bonds. The molecule has 2 aromatic heterocycles. The molecule has 3 rings (SSSR count). The van der Waals surface area contributed by atoms with Crippen LogP contribution in [0.25, 0.3) is 5.52 Å². The fourth-order valence-corrected chi connectivity index (χ4v) is 4.34. The van der Waals surface area contributed by atoms with Crippen molar-refractivity contribution in [1.29, 1.82) is 0 Å². The van der Waals surface area contributed by atoms with E-state index in [4.69, 9.17) is 4.74 Å². The zero-order chi connectivity index (χ0) is 18.7. The summed E-state index contributed by atoms with van der Waals surface area (Å²) in [5, 5.41) is 0.120. The minimum Gasteiger partial charge on any atom is -0.462 e. The lowest BCUT2D eigenvalue weighted by Crippen LogP contribution is -2.13. The fourth-order valence-electron chi connectivity index (χ4n) is 3.03. The van der Waals surface area contributed by atoms with E-state index in [1.54, 1.807) is 0 Å². The molecule has 1 unspecified atom stereocenters. The summed E-state index contributed by atoms with van der Waals surface area (Å²) in [6.45, 7) is 8.86. The van der Waals surface area contributed by atoms with Gasteiger partial charge in [-0.05, 0) is 30.7 Å². The van der Waals surface area contributed by atoms with Crippen LogP contribution in [-0.4, -0.2) is 21.7 Å². The molecule has 1 atom stereocenters. The summed E-state index contributed by atoms with van der Waals surface area (Å²) < 4.78 is 7.46. The van der Waals surface area contributed by atoms with Gasteiger partial charge in [0.2, 0.25) is 0 Å². The Morgan fingerprint density at radius 2 is 1.81 bits per heavy atom. The number of ether oxygens (including phenoxy) is 1. The summed E-state index contributed by atoms with van der Waals surface area (Å²) in [5.74, 6) is -0.268. The second-order valence-corrected chi connectivity index (χ2v) is 9.11. The van der Waals surface area contributed by atoms with E-state index in [2.05, 4.69) is 49.4 Å². The average molecular weight is 368 g/mol. The van der Waals surface area contributed by atoms with Gasteiger partial charge in [0.15, 0.2) is 0 Å². The van der Waals surface area contributed by atoms with Gasteiger partial charge in [0.25, 0.3) is 0 Å². The second-order valence-electron chi connectivity index (χ2n) is 7.18. The van der Waals surface area contributed by atoms with Crippen LogP contribution in [0.5, 0.6) is 0 Å². The number of esters is 1. The van der Waals surface area contributed by atoms with Gasteiger partial charge in [-0.25, -0.2) is 4.79 Å². The molecule has 0 bridgehead atoms. The van der Waals surface area contributed by atoms with E-state index in [0.29, 0.717) is 12.2 Å². The number of carbonyl (C=O) groups excluding carboxylic acids is 1. The molecule has 0 aliphatic heterocycles. The van der Waals surface area contributed by atoms with Crippen molar-refractivity contribution in [2.24, 2.45) is 0 Å². The number of hydrogen-bond acceptors (Lipinski definition) is 3. The third-order valence-corrected chi connectivity index (χ3v) is 5.50. The van der Waals surface area contributed by atoms with Gasteiger partial charge in [-0.1, -0.05) is 57.2 Å². The Bertz CT molecular complexity index is 893. The Hall–Kier alpha value is -2.20. The van der Waals surface area contributed by atoms with Gasteiger partial charge in [-0.15, -0.1) is 11.8 Å². The molecule has 0 saturated carbocycles. The van der Waals surface area contributed by atoms with Crippen LogP contribution in [0, 0.1) is 0 Å². The van der Waals surface area contributed by atoms with E-state index in [-0.39, 0.29) is 16.0 Å². The molecule has 0 aliphatic rings. The SMILES string of the molecule is CCOC(=O)c1cc(C(SC(C)(C)C)c2ccccc2)n2ccccc12. The molecule has 26 heavy (non-hydrogen) atoms. The Kier molecular flexibility index (Phi) is 5.42. The van der Waals surface area contributed by atoms with Gasteiger partial charge in [-0.3, -0.25) is 0 Å². The van der Waals surface area contributed by atoms with E-state index < -0.39 is 0 Å². The zero-order valence-corrected chi connectivity index (χ0v) is 16.5. The number of nitrogens with zero attached hydrogens (tertiary/aromatic N) is 1. The predicted octanol–water partition coefficient (Wildman–Crippen LogP) is 5.74. The summed E-state index contributed by atoms with van der Waals surface area (Å²) in [6, 6.07) is 18.4. The number of hydrogen-bond donors (Lipinski definition) is 0. The first-order valence-electron chi connectivity index (χ1n) is 8.90. The van der Waals surface area contributed by atoms with Gasteiger partial charge in [0.05, 0.1) is 22.9 Å². The Balaban J connectivity index is 2.18. The fraction of sp³-hybridized carbons (Fsp3) is 0.318. The smallest absolute Gasteiger partial charge is 0.340 e. The highest BCUT2D eigenvalue weighted by Crippen LogP contribution is 2.43. The number of aromatic nitrogens is 1. The normalized spacial score (nSPS) is 12.9. The molecule has 3 aromatic rings. The van der Waals surface area contributed by atoms with E-state index >= 15 is 0 Å². The molecule has 0 spiro atoms. The molecule has 0 aliphatic carbocycles. The zero-order valence-electron chi connectivity index (χ0n) is 15.7. The van der Waals surface area contributed by atoms with E-state index in [0.717, 1.165) is 11.2 Å². The third kappa shape index (κ3) is 3.96. The topological polar surface area (TPSA) is 30.7 Å². The Morgan fingerprint density at radius 3 is 2.46 bits per heavy atom. The van der Waals surface area contributed by atoms with Gasteiger partial charge in [0, 0.05) is 16.6 Å². The van der Waals surface area contributed by atoms with Crippen molar-refractivity contribution in [3.05, 3.63) is 77.6 Å². The molecule has 1 aromatic carbocycles. The molecule has 0 fully saturated rings. The summed E-state index contributed by atoms with van der Waals surface area (Å²) in [4.78, 5) is 12.5. The number of rotatable bonds is 5. The maximum Gasteiger partial charge on any atom is 0.340 e. The van der Waals surface area contributed by atoms with Crippen LogP contribution in [-0.2, 0) is 4.74 Å². The number of fused-ring (bicyclic) bond motifs is 1. The van der Waals surface area contributed by atoms with Gasteiger partial charge in [-0.2, -0.15) is 0 Å². The van der Waals surface area contributed by atoms with Crippen molar-refractivity contribution >= 4 is 23.2 Å². The second kappa shape index (κ2) is 7.58. The number of benzene rings is 1. The Labute approximate surface area is 159 Å². The standard InChI is InChI=1S/C22H25NO2S/c1-5-25-21(24)17-15-19(23-14-10-9-13-18(17)23)20(26-22(2,3)4)16-11-7-6-8-12-16/h6-15,20H,5H2,1-4H3. The van der Waals surface area contributed by atoms with Crippen LogP contribution in [0.4, 0.5) is 0 Å². The van der Waals surface area contributed by atoms with E-state index in [1.165, 1.54) is 5.56 Å². The molecule has 0 radical (unpaired) electrons. The molecule has 4 heteroatoms. The van der Waals surface area contributed by atoms with Crippen LogP contribution in [0.1, 0.15) is 54.6 Å². The Morgan fingerprint density at radius 1 is 1.12 bits per heavy atom. The first-order chi connectivity index (χ1) is 12.4.